The van der Waals surface area contributed by atoms with E-state index in [4.69, 9.17) is 9.72 Å². The largest absolute Gasteiger partial charge is 0.481 e. The number of aromatic nitrogens is 3. The van der Waals surface area contributed by atoms with Gasteiger partial charge >= 0.3 is 0 Å². The van der Waals surface area contributed by atoms with Crippen molar-refractivity contribution in [3.63, 3.8) is 0 Å². The highest BCUT2D eigenvalue weighted by Gasteiger charge is 2.20. The van der Waals surface area contributed by atoms with Crippen LogP contribution in [0.1, 0.15) is 22.3 Å². The molecule has 0 atom stereocenters. The zero-order valence-electron chi connectivity index (χ0n) is 17.7. The van der Waals surface area contributed by atoms with Gasteiger partial charge in [0.2, 0.25) is 11.8 Å². The smallest absolute Gasteiger partial charge is 0.251 e. The summed E-state index contributed by atoms with van der Waals surface area (Å²) in [6, 6.07) is 15.1. The van der Waals surface area contributed by atoms with E-state index in [0.717, 1.165) is 28.0 Å². The Balaban J connectivity index is 1.74. The van der Waals surface area contributed by atoms with Gasteiger partial charge in [-0.1, -0.05) is 0 Å². The Morgan fingerprint density at radius 1 is 1.12 bits per heavy atom. The van der Waals surface area contributed by atoms with Crippen LogP contribution in [0.3, 0.4) is 0 Å². The molecule has 1 aliphatic rings. The average Bonchev–Trinajstić information content (AvgIpc) is 3.22. The summed E-state index contributed by atoms with van der Waals surface area (Å²) in [4.78, 5) is 33.0. The van der Waals surface area contributed by atoms with Crippen LogP contribution in [0.5, 0.6) is 5.88 Å². The lowest BCUT2D eigenvalue weighted by atomic mass is 10.0. The predicted molar refractivity (Wildman–Crippen MR) is 121 cm³/mol. The molecule has 0 radical (unpaired) electrons. The van der Waals surface area contributed by atoms with Crippen molar-refractivity contribution in [2.24, 2.45) is 0 Å². The Hall–Kier alpha value is -4.20. The number of aryl methyl sites for hydroxylation is 1. The van der Waals surface area contributed by atoms with Gasteiger partial charge < -0.3 is 15.4 Å². The van der Waals surface area contributed by atoms with E-state index in [0.29, 0.717) is 35.6 Å². The van der Waals surface area contributed by atoms with E-state index in [9.17, 15) is 9.59 Å². The summed E-state index contributed by atoms with van der Waals surface area (Å²) in [7, 11) is 3.17. The first-order chi connectivity index (χ1) is 15.6. The van der Waals surface area contributed by atoms with E-state index in [1.165, 1.54) is 0 Å². The molecule has 3 heterocycles. The summed E-state index contributed by atoms with van der Waals surface area (Å²) in [6.45, 7) is 0. The monoisotopic (exact) mass is 427 g/mol. The Morgan fingerprint density at radius 2 is 2.00 bits per heavy atom. The lowest BCUT2D eigenvalue weighted by Crippen LogP contribution is -2.19. The number of carbonyl (C=O) groups excluding carboxylic acids is 2. The fourth-order valence-electron chi connectivity index (χ4n) is 3.99. The Bertz CT molecular complexity index is 1380. The molecule has 0 unspecified atom stereocenters. The molecular formula is C24H21N5O3. The van der Waals surface area contributed by atoms with E-state index in [1.54, 1.807) is 32.5 Å². The Kier molecular flexibility index (Phi) is 4.82. The van der Waals surface area contributed by atoms with Crippen LogP contribution in [0.2, 0.25) is 0 Å². The van der Waals surface area contributed by atoms with Crippen molar-refractivity contribution in [3.05, 3.63) is 65.9 Å². The Morgan fingerprint density at radius 3 is 2.81 bits per heavy atom. The lowest BCUT2D eigenvalue weighted by Gasteiger charge is -2.19. The number of rotatable bonds is 4. The van der Waals surface area contributed by atoms with E-state index in [-0.39, 0.29) is 11.8 Å². The van der Waals surface area contributed by atoms with Gasteiger partial charge in [0.15, 0.2) is 0 Å². The third-order valence-corrected chi connectivity index (χ3v) is 5.59. The molecule has 2 aromatic heterocycles. The molecule has 160 valence electrons. The number of amides is 2. The van der Waals surface area contributed by atoms with Gasteiger partial charge in [0, 0.05) is 48.2 Å². The highest BCUT2D eigenvalue weighted by molar-refractivity contribution is 5.98. The molecule has 8 heteroatoms. The first-order valence-electron chi connectivity index (χ1n) is 10.3. The van der Waals surface area contributed by atoms with Crippen LogP contribution < -0.4 is 15.4 Å². The van der Waals surface area contributed by atoms with Gasteiger partial charge in [-0.25, -0.2) is 9.97 Å². The topological polar surface area (TPSA) is 98.1 Å². The highest BCUT2D eigenvalue weighted by atomic mass is 16.5. The zero-order valence-corrected chi connectivity index (χ0v) is 17.7. The van der Waals surface area contributed by atoms with Crippen molar-refractivity contribution >= 4 is 28.5 Å². The molecule has 4 aromatic rings. The highest BCUT2D eigenvalue weighted by Crippen LogP contribution is 2.33. The molecule has 0 spiro atoms. The molecule has 32 heavy (non-hydrogen) atoms. The number of ether oxygens (including phenoxy) is 1. The summed E-state index contributed by atoms with van der Waals surface area (Å²) in [5.41, 5.74) is 5.76. The third kappa shape index (κ3) is 3.35. The minimum Gasteiger partial charge on any atom is -0.481 e. The quantitative estimate of drug-likeness (QED) is 0.521. The molecule has 8 nitrogen and oxygen atoms in total. The van der Waals surface area contributed by atoms with Gasteiger partial charge in [-0.2, -0.15) is 0 Å². The molecule has 5 rings (SSSR count). The first-order valence-corrected chi connectivity index (χ1v) is 10.3. The van der Waals surface area contributed by atoms with Crippen molar-refractivity contribution in [3.8, 4) is 23.0 Å². The number of benzene rings is 2. The zero-order chi connectivity index (χ0) is 22.2. The van der Waals surface area contributed by atoms with E-state index in [2.05, 4.69) is 26.3 Å². The van der Waals surface area contributed by atoms with Gasteiger partial charge in [0.25, 0.3) is 5.91 Å². The Labute approximate surface area is 184 Å². The number of pyridine rings is 1. The van der Waals surface area contributed by atoms with Crippen molar-refractivity contribution in [2.75, 3.05) is 19.5 Å². The normalized spacial score (nSPS) is 12.9. The van der Waals surface area contributed by atoms with Gasteiger partial charge in [0.05, 0.1) is 18.1 Å². The fourth-order valence-corrected chi connectivity index (χ4v) is 3.99. The second-order valence-corrected chi connectivity index (χ2v) is 7.53. The maximum absolute atomic E-state index is 12.2. The van der Waals surface area contributed by atoms with Gasteiger partial charge in [-0.05, 0) is 54.4 Å². The van der Waals surface area contributed by atoms with Crippen molar-refractivity contribution in [1.29, 1.82) is 0 Å². The minimum atomic E-state index is -0.168. The molecule has 0 fully saturated rings. The fraction of sp³-hybridized carbons (Fsp3) is 0.167. The van der Waals surface area contributed by atoms with E-state index < -0.39 is 0 Å². The third-order valence-electron chi connectivity index (χ3n) is 5.59. The van der Waals surface area contributed by atoms with Crippen LogP contribution in [0, 0.1) is 0 Å². The summed E-state index contributed by atoms with van der Waals surface area (Å²) in [5, 5.41) is 5.58. The van der Waals surface area contributed by atoms with Crippen LogP contribution in [0.25, 0.3) is 28.1 Å². The summed E-state index contributed by atoms with van der Waals surface area (Å²) in [6.07, 6.45) is 2.82. The van der Waals surface area contributed by atoms with Crippen molar-refractivity contribution in [2.45, 2.75) is 12.8 Å². The number of carbonyl (C=O) groups is 2. The lowest BCUT2D eigenvalue weighted by molar-refractivity contribution is -0.116. The molecule has 0 bridgehead atoms. The molecule has 0 saturated carbocycles. The van der Waals surface area contributed by atoms with Crippen LogP contribution in [0.15, 0.2) is 54.7 Å². The number of methoxy groups -OCH3 is 1. The standard InChI is InChI=1S/C24H21N5O3/c1-25-24(31)16-3-7-20-19(12-16)28-23(15-9-10-26-22(13-15)32-2)29(20)17-5-6-18-14(11-17)4-8-21(30)27-18/h3,5-7,9-13H,4,8H2,1-2H3,(H,25,31)(H,27,30). The summed E-state index contributed by atoms with van der Waals surface area (Å²) in [5.74, 6) is 1.05. The maximum atomic E-state index is 12.2. The van der Waals surface area contributed by atoms with Gasteiger partial charge in [-0.3, -0.25) is 14.2 Å². The maximum Gasteiger partial charge on any atom is 0.251 e. The molecule has 1 aliphatic heterocycles. The summed E-state index contributed by atoms with van der Waals surface area (Å²) < 4.78 is 7.35. The van der Waals surface area contributed by atoms with Crippen molar-refractivity contribution < 1.29 is 14.3 Å². The minimum absolute atomic E-state index is 0.0321. The van der Waals surface area contributed by atoms with Crippen molar-refractivity contribution in [1.82, 2.24) is 19.9 Å². The van der Waals surface area contributed by atoms with Crippen LogP contribution in [-0.4, -0.2) is 40.5 Å². The van der Waals surface area contributed by atoms with Gasteiger partial charge in [0.1, 0.15) is 5.82 Å². The number of anilines is 1. The second kappa shape index (κ2) is 7.81. The van der Waals surface area contributed by atoms with Crippen LogP contribution >= 0.6 is 0 Å². The molecule has 0 aliphatic carbocycles. The van der Waals surface area contributed by atoms with Crippen LogP contribution in [-0.2, 0) is 11.2 Å². The molecule has 0 saturated heterocycles. The number of fused-ring (bicyclic) bond motifs is 2. The molecular weight excluding hydrogens is 406 g/mol. The number of nitrogens with zero attached hydrogens (tertiary/aromatic N) is 3. The molecule has 2 amide bonds. The SMILES string of the molecule is CNC(=O)c1ccc2c(c1)nc(-c1ccnc(OC)c1)n2-c1ccc2c(c1)CCC(=O)N2. The second-order valence-electron chi connectivity index (χ2n) is 7.53. The molecule has 2 N–H and O–H groups in total. The average molecular weight is 427 g/mol. The number of hydrogen-bond donors (Lipinski definition) is 2. The number of hydrogen-bond acceptors (Lipinski definition) is 5. The predicted octanol–water partition coefficient (Wildman–Crippen LogP) is 3.34. The molecule has 2 aromatic carbocycles. The van der Waals surface area contributed by atoms with E-state index >= 15 is 0 Å². The van der Waals surface area contributed by atoms with E-state index in [1.807, 2.05) is 30.3 Å². The number of nitrogens with one attached hydrogen (secondary N) is 2. The summed E-state index contributed by atoms with van der Waals surface area (Å²) >= 11 is 0. The first kappa shape index (κ1) is 19.7. The van der Waals surface area contributed by atoms with Crippen LogP contribution in [0.4, 0.5) is 5.69 Å². The van der Waals surface area contributed by atoms with Gasteiger partial charge in [-0.15, -0.1) is 0 Å². The number of imidazole rings is 1.